The van der Waals surface area contributed by atoms with Crippen molar-refractivity contribution in [2.75, 3.05) is 0 Å². The first-order valence-electron chi connectivity index (χ1n) is 6.65. The lowest BCUT2D eigenvalue weighted by molar-refractivity contribution is -0.137. The molecule has 0 fully saturated rings. The number of para-hydroxylation sites is 1. The van der Waals surface area contributed by atoms with Gasteiger partial charge in [0.25, 0.3) is 0 Å². The van der Waals surface area contributed by atoms with Gasteiger partial charge in [-0.15, -0.1) is 0 Å². The Morgan fingerprint density at radius 3 is 2.55 bits per heavy atom. The Hall–Kier alpha value is -2.50. The SMILES string of the molecule is Cn1c(Cc2cccc(C(F)(F)F)c2)nc2c(O)cccc21. The fourth-order valence-corrected chi connectivity index (χ4v) is 2.45. The van der Waals surface area contributed by atoms with Crippen LogP contribution in [0.1, 0.15) is 17.0 Å². The van der Waals surface area contributed by atoms with Gasteiger partial charge in [-0.25, -0.2) is 4.98 Å². The molecule has 6 heteroatoms. The number of hydrogen-bond acceptors (Lipinski definition) is 2. The predicted octanol–water partition coefficient (Wildman–Crippen LogP) is 3.89. The Kier molecular flexibility index (Phi) is 3.31. The van der Waals surface area contributed by atoms with Crippen LogP contribution >= 0.6 is 0 Å². The van der Waals surface area contributed by atoms with Gasteiger partial charge in [0.2, 0.25) is 0 Å². The van der Waals surface area contributed by atoms with E-state index in [9.17, 15) is 18.3 Å². The highest BCUT2D eigenvalue weighted by molar-refractivity contribution is 5.82. The van der Waals surface area contributed by atoms with Gasteiger partial charge in [-0.2, -0.15) is 13.2 Å². The van der Waals surface area contributed by atoms with Crippen molar-refractivity contribution in [3.63, 3.8) is 0 Å². The third-order valence-electron chi connectivity index (χ3n) is 3.60. The number of phenolic OH excluding ortho intramolecular Hbond substituents is 1. The third-order valence-corrected chi connectivity index (χ3v) is 3.60. The summed E-state index contributed by atoms with van der Waals surface area (Å²) >= 11 is 0. The van der Waals surface area contributed by atoms with E-state index < -0.39 is 11.7 Å². The Morgan fingerprint density at radius 2 is 1.86 bits per heavy atom. The molecule has 1 N–H and O–H groups in total. The molecule has 0 amide bonds. The summed E-state index contributed by atoms with van der Waals surface area (Å²) in [6.45, 7) is 0. The van der Waals surface area contributed by atoms with Crippen LogP contribution in [0, 0.1) is 0 Å². The molecular formula is C16H13F3N2O. The van der Waals surface area contributed by atoms with E-state index >= 15 is 0 Å². The second-order valence-electron chi connectivity index (χ2n) is 5.11. The van der Waals surface area contributed by atoms with Crippen molar-refractivity contribution < 1.29 is 18.3 Å². The van der Waals surface area contributed by atoms with E-state index in [2.05, 4.69) is 4.98 Å². The summed E-state index contributed by atoms with van der Waals surface area (Å²) < 4.78 is 40.0. The molecule has 1 heterocycles. The number of fused-ring (bicyclic) bond motifs is 1. The van der Waals surface area contributed by atoms with Gasteiger partial charge in [0.05, 0.1) is 11.1 Å². The maximum atomic E-state index is 12.8. The van der Waals surface area contributed by atoms with Gasteiger partial charge < -0.3 is 9.67 Å². The van der Waals surface area contributed by atoms with Crippen molar-refractivity contribution >= 4 is 11.0 Å². The molecule has 3 nitrogen and oxygen atoms in total. The molecule has 0 spiro atoms. The fourth-order valence-electron chi connectivity index (χ4n) is 2.45. The van der Waals surface area contributed by atoms with E-state index in [0.717, 1.165) is 17.6 Å². The van der Waals surface area contributed by atoms with E-state index in [1.807, 2.05) is 0 Å². The van der Waals surface area contributed by atoms with Gasteiger partial charge in [0, 0.05) is 13.5 Å². The zero-order valence-corrected chi connectivity index (χ0v) is 11.7. The normalized spacial score (nSPS) is 12.0. The van der Waals surface area contributed by atoms with Crippen LogP contribution in [0.25, 0.3) is 11.0 Å². The maximum Gasteiger partial charge on any atom is 0.416 e. The number of rotatable bonds is 2. The molecule has 3 rings (SSSR count). The number of benzene rings is 2. The number of nitrogens with zero attached hydrogens (tertiary/aromatic N) is 2. The molecule has 0 aliphatic heterocycles. The van der Waals surface area contributed by atoms with E-state index in [4.69, 9.17) is 0 Å². The molecule has 0 saturated heterocycles. The first kappa shape index (κ1) is 14.4. The van der Waals surface area contributed by atoms with Crippen molar-refractivity contribution in [2.24, 2.45) is 7.05 Å². The second kappa shape index (κ2) is 5.05. The lowest BCUT2D eigenvalue weighted by atomic mass is 10.1. The molecular weight excluding hydrogens is 293 g/mol. The van der Waals surface area contributed by atoms with E-state index in [1.54, 1.807) is 29.8 Å². The second-order valence-corrected chi connectivity index (χ2v) is 5.11. The topological polar surface area (TPSA) is 38.0 Å². The first-order chi connectivity index (χ1) is 10.4. The van der Waals surface area contributed by atoms with Crippen LogP contribution in [0.15, 0.2) is 42.5 Å². The average Bonchev–Trinajstić information content (AvgIpc) is 2.77. The summed E-state index contributed by atoms with van der Waals surface area (Å²) in [6.07, 6.45) is -4.10. The van der Waals surface area contributed by atoms with Crippen molar-refractivity contribution in [1.29, 1.82) is 0 Å². The predicted molar refractivity (Wildman–Crippen MR) is 76.6 cm³/mol. The van der Waals surface area contributed by atoms with Crippen molar-refractivity contribution in [2.45, 2.75) is 12.6 Å². The number of imidazole rings is 1. The largest absolute Gasteiger partial charge is 0.506 e. The summed E-state index contributed by atoms with van der Waals surface area (Å²) in [5.74, 6) is 0.652. The molecule has 0 bridgehead atoms. The number of alkyl halides is 3. The zero-order chi connectivity index (χ0) is 15.9. The summed E-state index contributed by atoms with van der Waals surface area (Å²) in [5.41, 5.74) is 1.04. The van der Waals surface area contributed by atoms with Crippen molar-refractivity contribution in [1.82, 2.24) is 9.55 Å². The van der Waals surface area contributed by atoms with Gasteiger partial charge in [-0.1, -0.05) is 24.3 Å². The van der Waals surface area contributed by atoms with Gasteiger partial charge in [-0.05, 0) is 23.8 Å². The summed E-state index contributed by atoms with van der Waals surface area (Å²) in [6, 6.07) is 10.2. The van der Waals surface area contributed by atoms with Crippen LogP contribution < -0.4 is 0 Å². The minimum absolute atomic E-state index is 0.0587. The Balaban J connectivity index is 2.00. The summed E-state index contributed by atoms with van der Waals surface area (Å²) in [5, 5.41) is 9.80. The lowest BCUT2D eigenvalue weighted by Gasteiger charge is -2.08. The molecule has 3 aromatic rings. The zero-order valence-electron chi connectivity index (χ0n) is 11.7. The lowest BCUT2D eigenvalue weighted by Crippen LogP contribution is -2.06. The van der Waals surface area contributed by atoms with Crippen LogP contribution in [0.5, 0.6) is 5.75 Å². The van der Waals surface area contributed by atoms with Crippen molar-refractivity contribution in [3.8, 4) is 5.75 Å². The van der Waals surface area contributed by atoms with Gasteiger partial charge in [-0.3, -0.25) is 0 Å². The molecule has 114 valence electrons. The standard InChI is InChI=1S/C16H13F3N2O/c1-21-12-6-3-7-13(22)15(12)20-14(21)9-10-4-2-5-11(8-10)16(17,18)19/h2-8,22H,9H2,1H3. The molecule has 0 radical (unpaired) electrons. The number of aromatic hydroxyl groups is 1. The van der Waals surface area contributed by atoms with Crippen LogP contribution in [0.3, 0.4) is 0 Å². The maximum absolute atomic E-state index is 12.8. The van der Waals surface area contributed by atoms with E-state index in [-0.39, 0.29) is 12.2 Å². The molecule has 22 heavy (non-hydrogen) atoms. The Labute approximate surface area is 124 Å². The van der Waals surface area contributed by atoms with Gasteiger partial charge >= 0.3 is 6.18 Å². The van der Waals surface area contributed by atoms with Crippen LogP contribution in [0.2, 0.25) is 0 Å². The van der Waals surface area contributed by atoms with E-state index in [1.165, 1.54) is 12.1 Å². The minimum atomic E-state index is -4.36. The molecule has 0 aliphatic rings. The molecule has 0 aliphatic carbocycles. The molecule has 2 aromatic carbocycles. The highest BCUT2D eigenvalue weighted by Gasteiger charge is 2.30. The van der Waals surface area contributed by atoms with Gasteiger partial charge in [0.1, 0.15) is 17.1 Å². The minimum Gasteiger partial charge on any atom is -0.506 e. The highest BCUT2D eigenvalue weighted by atomic mass is 19.4. The smallest absolute Gasteiger partial charge is 0.416 e. The summed E-state index contributed by atoms with van der Waals surface area (Å²) in [4.78, 5) is 4.33. The van der Waals surface area contributed by atoms with Crippen LogP contribution in [-0.4, -0.2) is 14.7 Å². The number of hydrogen-bond donors (Lipinski definition) is 1. The number of aromatic nitrogens is 2. The first-order valence-corrected chi connectivity index (χ1v) is 6.65. The van der Waals surface area contributed by atoms with Crippen molar-refractivity contribution in [3.05, 3.63) is 59.4 Å². The number of phenols is 1. The molecule has 0 saturated carbocycles. The van der Waals surface area contributed by atoms with Crippen LogP contribution in [0.4, 0.5) is 13.2 Å². The fraction of sp³-hybridized carbons (Fsp3) is 0.188. The van der Waals surface area contributed by atoms with Crippen LogP contribution in [-0.2, 0) is 19.6 Å². The molecule has 0 atom stereocenters. The Bertz CT molecular complexity index is 837. The molecule has 1 aromatic heterocycles. The number of aryl methyl sites for hydroxylation is 1. The summed E-state index contributed by atoms with van der Waals surface area (Å²) in [7, 11) is 1.78. The number of halogens is 3. The van der Waals surface area contributed by atoms with Gasteiger partial charge in [0.15, 0.2) is 0 Å². The highest BCUT2D eigenvalue weighted by Crippen LogP contribution is 2.30. The third kappa shape index (κ3) is 2.52. The Morgan fingerprint density at radius 1 is 1.14 bits per heavy atom. The quantitative estimate of drug-likeness (QED) is 0.780. The molecule has 0 unspecified atom stereocenters. The average molecular weight is 306 g/mol. The monoisotopic (exact) mass is 306 g/mol. The van der Waals surface area contributed by atoms with E-state index in [0.29, 0.717) is 16.9 Å².